The molecule has 24 heavy (non-hydrogen) atoms. The van der Waals surface area contributed by atoms with Gasteiger partial charge in [-0.05, 0) is 30.9 Å². The van der Waals surface area contributed by atoms with Gasteiger partial charge >= 0.3 is 0 Å². The molecule has 0 bridgehead atoms. The first kappa shape index (κ1) is 16.6. The lowest BCUT2D eigenvalue weighted by Crippen LogP contribution is -2.54. The van der Waals surface area contributed by atoms with Crippen LogP contribution in [0.15, 0.2) is 30.3 Å². The lowest BCUT2D eigenvalue weighted by Gasteiger charge is -2.47. The maximum absolute atomic E-state index is 12.4. The fraction of sp³-hybridized carbons (Fsp3) is 0.500. The largest absolute Gasteiger partial charge is 0.389 e. The van der Waals surface area contributed by atoms with E-state index in [1.54, 1.807) is 23.1 Å². The number of rotatable bonds is 3. The Hall–Kier alpha value is -2.21. The average molecular weight is 330 g/mol. The highest BCUT2D eigenvalue weighted by Crippen LogP contribution is 2.39. The third-order valence-electron chi connectivity index (χ3n) is 5.24. The summed E-state index contributed by atoms with van der Waals surface area (Å²) < 4.78 is 0. The van der Waals surface area contributed by atoms with Crippen molar-refractivity contribution in [1.29, 1.82) is 0 Å². The van der Waals surface area contributed by atoms with Crippen LogP contribution in [0.1, 0.15) is 37.7 Å². The number of carbonyl (C=O) groups excluding carboxylic acids is 1. The number of aliphatic hydroxyl groups is 1. The normalized spacial score (nSPS) is 27.0. The van der Waals surface area contributed by atoms with Gasteiger partial charge in [-0.15, -0.1) is 0 Å². The van der Waals surface area contributed by atoms with E-state index >= 15 is 0 Å². The highest BCUT2D eigenvalue weighted by molar-refractivity contribution is 5.92. The second kappa shape index (κ2) is 6.73. The number of amides is 1. The number of nitro benzene ring substituents is 1. The summed E-state index contributed by atoms with van der Waals surface area (Å²) in [4.78, 5) is 24.5. The van der Waals surface area contributed by atoms with Gasteiger partial charge in [-0.1, -0.05) is 25.0 Å². The van der Waals surface area contributed by atoms with E-state index in [4.69, 9.17) is 0 Å². The third-order valence-corrected chi connectivity index (χ3v) is 5.24. The molecular weight excluding hydrogens is 308 g/mol. The van der Waals surface area contributed by atoms with Crippen molar-refractivity contribution < 1.29 is 14.8 Å². The van der Waals surface area contributed by atoms with E-state index in [1.165, 1.54) is 18.2 Å². The van der Waals surface area contributed by atoms with Crippen LogP contribution in [0.3, 0.4) is 0 Å². The van der Waals surface area contributed by atoms with E-state index in [-0.39, 0.29) is 17.5 Å². The summed E-state index contributed by atoms with van der Waals surface area (Å²) in [6.45, 7) is 1.15. The summed E-state index contributed by atoms with van der Waals surface area (Å²) in [5.74, 6) is 0.0595. The summed E-state index contributed by atoms with van der Waals surface area (Å²) in [6.07, 6.45) is 7.68. The molecule has 3 rings (SSSR count). The van der Waals surface area contributed by atoms with Crippen molar-refractivity contribution in [1.82, 2.24) is 4.90 Å². The molecule has 2 atom stereocenters. The third kappa shape index (κ3) is 3.48. The van der Waals surface area contributed by atoms with Gasteiger partial charge in [0.05, 0.1) is 10.5 Å². The molecule has 0 unspecified atom stereocenters. The Kier molecular flexibility index (Phi) is 4.66. The number of piperidine rings is 1. The topological polar surface area (TPSA) is 83.7 Å². The molecular formula is C18H22N2O4. The fourth-order valence-electron chi connectivity index (χ4n) is 3.79. The van der Waals surface area contributed by atoms with Crippen molar-refractivity contribution in [3.05, 3.63) is 46.0 Å². The van der Waals surface area contributed by atoms with Crippen LogP contribution in [0.25, 0.3) is 6.08 Å². The molecule has 1 aromatic rings. The van der Waals surface area contributed by atoms with E-state index in [1.807, 2.05) is 0 Å². The van der Waals surface area contributed by atoms with Crippen LogP contribution in [-0.2, 0) is 4.79 Å². The highest BCUT2D eigenvalue weighted by Gasteiger charge is 2.43. The van der Waals surface area contributed by atoms with E-state index in [0.29, 0.717) is 25.1 Å². The quantitative estimate of drug-likeness (QED) is 0.525. The number of nitrogens with zero attached hydrogens (tertiary/aromatic N) is 2. The van der Waals surface area contributed by atoms with Crippen LogP contribution in [0.2, 0.25) is 0 Å². The molecule has 1 saturated heterocycles. The Morgan fingerprint density at radius 3 is 3.00 bits per heavy atom. The van der Waals surface area contributed by atoms with Gasteiger partial charge in [-0.3, -0.25) is 14.9 Å². The van der Waals surface area contributed by atoms with Gasteiger partial charge in [0.1, 0.15) is 0 Å². The van der Waals surface area contributed by atoms with Gasteiger partial charge in [0.25, 0.3) is 5.69 Å². The van der Waals surface area contributed by atoms with Crippen LogP contribution in [0.5, 0.6) is 0 Å². The molecule has 6 heteroatoms. The smallest absolute Gasteiger partial charge is 0.270 e. The fourth-order valence-corrected chi connectivity index (χ4v) is 3.79. The van der Waals surface area contributed by atoms with E-state index in [2.05, 4.69) is 0 Å². The zero-order chi connectivity index (χ0) is 17.2. The predicted octanol–water partition coefficient (Wildman–Crippen LogP) is 2.76. The first-order valence-corrected chi connectivity index (χ1v) is 8.42. The molecule has 128 valence electrons. The number of carbonyl (C=O) groups is 1. The van der Waals surface area contributed by atoms with Crippen LogP contribution >= 0.6 is 0 Å². The standard InChI is InChI=1S/C18H22N2O4/c21-17(8-7-14-4-3-6-16(12-14)20(23)24)19-11-10-18(22)9-2-1-5-15(18)13-19/h3-4,6-8,12,15,22H,1-2,5,9-11,13H2/b8-7+/t15-,18+/m0/s1. The minimum atomic E-state index is -0.598. The molecule has 0 aromatic heterocycles. The Labute approximate surface area is 140 Å². The first-order chi connectivity index (χ1) is 11.5. The lowest BCUT2D eigenvalue weighted by molar-refractivity contribution is -0.384. The highest BCUT2D eigenvalue weighted by atomic mass is 16.6. The van der Waals surface area contributed by atoms with Gasteiger partial charge in [0, 0.05) is 37.2 Å². The summed E-state index contributed by atoms with van der Waals surface area (Å²) >= 11 is 0. The Morgan fingerprint density at radius 1 is 1.38 bits per heavy atom. The number of hydrogen-bond donors (Lipinski definition) is 1. The number of hydrogen-bond acceptors (Lipinski definition) is 4. The van der Waals surface area contributed by atoms with E-state index < -0.39 is 10.5 Å². The summed E-state index contributed by atoms with van der Waals surface area (Å²) in [7, 11) is 0. The zero-order valence-electron chi connectivity index (χ0n) is 13.6. The summed E-state index contributed by atoms with van der Waals surface area (Å²) in [6, 6.07) is 6.20. The molecule has 1 amide bonds. The van der Waals surface area contributed by atoms with E-state index in [9.17, 15) is 20.0 Å². The molecule has 1 aliphatic carbocycles. The average Bonchev–Trinajstić information content (AvgIpc) is 2.59. The van der Waals surface area contributed by atoms with Gasteiger partial charge in [-0.2, -0.15) is 0 Å². The monoisotopic (exact) mass is 330 g/mol. The van der Waals surface area contributed by atoms with Gasteiger partial charge in [0.2, 0.25) is 5.91 Å². The van der Waals surface area contributed by atoms with Crippen LogP contribution in [0, 0.1) is 16.0 Å². The summed E-state index contributed by atoms with van der Waals surface area (Å²) in [5.41, 5.74) is 0.0391. The number of fused-ring (bicyclic) bond motifs is 1. The molecule has 2 fully saturated rings. The predicted molar refractivity (Wildman–Crippen MR) is 90.2 cm³/mol. The van der Waals surface area contributed by atoms with Gasteiger partial charge in [0.15, 0.2) is 0 Å². The number of non-ortho nitro benzene ring substituents is 1. The first-order valence-electron chi connectivity index (χ1n) is 8.42. The Bertz CT molecular complexity index is 673. The molecule has 2 aliphatic rings. The molecule has 1 N–H and O–H groups in total. The van der Waals surface area contributed by atoms with Crippen molar-refractivity contribution in [2.75, 3.05) is 13.1 Å². The van der Waals surface area contributed by atoms with Crippen LogP contribution in [-0.4, -0.2) is 39.5 Å². The minimum Gasteiger partial charge on any atom is -0.389 e. The maximum Gasteiger partial charge on any atom is 0.270 e. The van der Waals surface area contributed by atoms with Crippen LogP contribution < -0.4 is 0 Å². The van der Waals surface area contributed by atoms with Crippen molar-refractivity contribution in [2.24, 2.45) is 5.92 Å². The zero-order valence-corrected chi connectivity index (χ0v) is 13.6. The van der Waals surface area contributed by atoms with Crippen molar-refractivity contribution >= 4 is 17.7 Å². The number of likely N-dealkylation sites (tertiary alicyclic amines) is 1. The number of nitro groups is 1. The lowest BCUT2D eigenvalue weighted by atomic mass is 9.71. The SMILES string of the molecule is O=C(/C=C/c1cccc([N+](=O)[O-])c1)N1CC[C@]2(O)CCCC[C@H]2C1. The molecule has 1 aromatic carbocycles. The second-order valence-electron chi connectivity index (χ2n) is 6.77. The minimum absolute atomic E-state index is 0.00911. The number of benzene rings is 1. The molecule has 1 saturated carbocycles. The maximum atomic E-state index is 12.4. The molecule has 6 nitrogen and oxygen atoms in total. The second-order valence-corrected chi connectivity index (χ2v) is 6.77. The van der Waals surface area contributed by atoms with E-state index in [0.717, 1.165) is 25.7 Å². The Balaban J connectivity index is 1.65. The Morgan fingerprint density at radius 2 is 2.21 bits per heavy atom. The summed E-state index contributed by atoms with van der Waals surface area (Å²) in [5, 5.41) is 21.4. The van der Waals surface area contributed by atoms with Gasteiger partial charge < -0.3 is 10.0 Å². The molecule has 0 radical (unpaired) electrons. The van der Waals surface area contributed by atoms with Crippen molar-refractivity contribution in [2.45, 2.75) is 37.7 Å². The van der Waals surface area contributed by atoms with Gasteiger partial charge in [-0.25, -0.2) is 0 Å². The molecule has 1 aliphatic heterocycles. The van der Waals surface area contributed by atoms with Crippen LogP contribution in [0.4, 0.5) is 5.69 Å². The molecule has 0 spiro atoms. The van der Waals surface area contributed by atoms with Crippen molar-refractivity contribution in [3.8, 4) is 0 Å². The molecule has 1 heterocycles. The van der Waals surface area contributed by atoms with Crippen molar-refractivity contribution in [3.63, 3.8) is 0 Å².